The summed E-state index contributed by atoms with van der Waals surface area (Å²) in [6.07, 6.45) is -1.53. The number of amides is 2. The Morgan fingerprint density at radius 1 is 0.929 bits per heavy atom. The molecule has 3 heterocycles. The number of benzene rings is 2. The number of nitrogens with zero attached hydrogens (tertiary/aromatic N) is 4. The van der Waals surface area contributed by atoms with Crippen LogP contribution in [-0.2, 0) is 6.18 Å². The third-order valence-corrected chi connectivity index (χ3v) is 7.66. The quantitative estimate of drug-likeness (QED) is 0.246. The number of aromatic nitrogens is 2. The minimum atomic E-state index is -4.61. The van der Waals surface area contributed by atoms with Crippen molar-refractivity contribution in [3.8, 4) is 0 Å². The van der Waals surface area contributed by atoms with Crippen molar-refractivity contribution < 1.29 is 22.8 Å². The van der Waals surface area contributed by atoms with Crippen LogP contribution in [0.25, 0.3) is 0 Å². The minimum absolute atomic E-state index is 0.109. The number of halogens is 3. The molecule has 42 heavy (non-hydrogen) atoms. The summed E-state index contributed by atoms with van der Waals surface area (Å²) in [6, 6.07) is 13.7. The lowest BCUT2D eigenvalue weighted by Crippen LogP contribution is -2.44. The van der Waals surface area contributed by atoms with Gasteiger partial charge < -0.3 is 25.8 Å². The van der Waals surface area contributed by atoms with Crippen LogP contribution in [-0.4, -0.2) is 59.9 Å². The van der Waals surface area contributed by atoms with Crippen LogP contribution in [0.15, 0.2) is 67.0 Å². The molecule has 5 rings (SSSR count). The largest absolute Gasteiger partial charge is 0.416 e. The molecule has 0 spiro atoms. The number of carbonyl (C=O) groups is 2. The number of carbonyl (C=O) groups excluding carboxylic acids is 2. The molecule has 0 aliphatic carbocycles. The highest BCUT2D eigenvalue weighted by molar-refractivity contribution is 7.17. The van der Waals surface area contributed by atoms with Gasteiger partial charge in [0.15, 0.2) is 5.13 Å². The summed E-state index contributed by atoms with van der Waals surface area (Å²) >= 11 is 1.15. The fourth-order valence-electron chi connectivity index (χ4n) is 4.36. The Morgan fingerprint density at radius 2 is 1.71 bits per heavy atom. The lowest BCUT2D eigenvalue weighted by atomic mass is 10.1. The Labute approximate surface area is 244 Å². The molecule has 1 saturated heterocycles. The number of piperazine rings is 1. The van der Waals surface area contributed by atoms with Gasteiger partial charge in [0.25, 0.3) is 11.8 Å². The van der Waals surface area contributed by atoms with E-state index in [4.69, 9.17) is 0 Å². The van der Waals surface area contributed by atoms with Gasteiger partial charge in [-0.15, -0.1) is 0 Å². The number of aryl methyl sites for hydroxylation is 1. The number of pyridine rings is 1. The number of likely N-dealkylation sites (N-methyl/N-ethyl adjacent to an activating group) is 1. The Kier molecular flexibility index (Phi) is 8.41. The molecule has 2 aromatic carbocycles. The smallest absolute Gasteiger partial charge is 0.369 e. The molecule has 2 amide bonds. The lowest BCUT2D eigenvalue weighted by molar-refractivity contribution is -0.137. The van der Waals surface area contributed by atoms with E-state index < -0.39 is 23.6 Å². The normalized spacial score (nSPS) is 14.0. The molecule has 0 unspecified atom stereocenters. The SMILES string of the molecule is Cc1ccc(NC(=O)c2cc(N3CCN(C)CC3)cc(C(F)(F)F)c2)cc1NC(=O)c1cnc(Nc2ccccn2)s1. The summed E-state index contributed by atoms with van der Waals surface area (Å²) in [5.74, 6) is -0.498. The van der Waals surface area contributed by atoms with Gasteiger partial charge in [0.2, 0.25) is 0 Å². The first-order valence-corrected chi connectivity index (χ1v) is 13.9. The third kappa shape index (κ3) is 7.04. The van der Waals surface area contributed by atoms with Crippen molar-refractivity contribution in [2.75, 3.05) is 54.1 Å². The number of anilines is 5. The maximum Gasteiger partial charge on any atom is 0.416 e. The summed E-state index contributed by atoms with van der Waals surface area (Å²) < 4.78 is 41.2. The zero-order valence-corrected chi connectivity index (χ0v) is 23.6. The summed E-state index contributed by atoms with van der Waals surface area (Å²) in [5, 5.41) is 9.02. The van der Waals surface area contributed by atoms with Crippen molar-refractivity contribution in [3.05, 3.63) is 88.6 Å². The van der Waals surface area contributed by atoms with Crippen LogP contribution in [0.3, 0.4) is 0 Å². The van der Waals surface area contributed by atoms with Gasteiger partial charge in [-0.1, -0.05) is 23.5 Å². The number of rotatable bonds is 7. The Balaban J connectivity index is 1.31. The van der Waals surface area contributed by atoms with Gasteiger partial charge in [0.1, 0.15) is 10.7 Å². The van der Waals surface area contributed by atoms with Crippen molar-refractivity contribution in [2.45, 2.75) is 13.1 Å². The van der Waals surface area contributed by atoms with Gasteiger partial charge in [-0.3, -0.25) is 9.59 Å². The number of hydrogen-bond acceptors (Lipinski definition) is 8. The Hall–Kier alpha value is -4.49. The molecule has 2 aromatic heterocycles. The monoisotopic (exact) mass is 595 g/mol. The number of hydrogen-bond donors (Lipinski definition) is 3. The van der Waals surface area contributed by atoms with Crippen molar-refractivity contribution in [2.24, 2.45) is 0 Å². The van der Waals surface area contributed by atoms with Crippen LogP contribution in [0.5, 0.6) is 0 Å². The zero-order chi connectivity index (χ0) is 29.9. The van der Waals surface area contributed by atoms with E-state index in [0.29, 0.717) is 59.1 Å². The molecule has 13 heteroatoms. The van der Waals surface area contributed by atoms with E-state index in [0.717, 1.165) is 29.0 Å². The number of alkyl halides is 3. The third-order valence-electron chi connectivity index (χ3n) is 6.75. The fourth-order valence-corrected chi connectivity index (χ4v) is 5.08. The molecule has 0 bridgehead atoms. The second-order valence-corrected chi connectivity index (χ2v) is 10.9. The maximum atomic E-state index is 13.7. The summed E-state index contributed by atoms with van der Waals surface area (Å²) in [6.45, 7) is 4.32. The van der Waals surface area contributed by atoms with Gasteiger partial charge in [0.05, 0.1) is 11.8 Å². The van der Waals surface area contributed by atoms with E-state index in [1.807, 2.05) is 18.0 Å². The highest BCUT2D eigenvalue weighted by Gasteiger charge is 2.32. The predicted molar refractivity (Wildman–Crippen MR) is 158 cm³/mol. The van der Waals surface area contributed by atoms with Crippen LogP contribution in [0.4, 0.5) is 41.2 Å². The molecule has 1 fully saturated rings. The average molecular weight is 596 g/mol. The molecule has 4 aromatic rings. The second kappa shape index (κ2) is 12.2. The van der Waals surface area contributed by atoms with Gasteiger partial charge in [-0.25, -0.2) is 9.97 Å². The average Bonchev–Trinajstić information content (AvgIpc) is 3.43. The topological polar surface area (TPSA) is 102 Å². The molecular formula is C29H28F3N7O2S. The molecule has 218 valence electrons. The Bertz CT molecular complexity index is 1590. The van der Waals surface area contributed by atoms with Crippen LogP contribution in [0.1, 0.15) is 31.2 Å². The van der Waals surface area contributed by atoms with Crippen LogP contribution in [0.2, 0.25) is 0 Å². The fraction of sp³-hybridized carbons (Fsp3) is 0.241. The first kappa shape index (κ1) is 29.0. The van der Waals surface area contributed by atoms with E-state index in [9.17, 15) is 22.8 Å². The van der Waals surface area contributed by atoms with Crippen LogP contribution >= 0.6 is 11.3 Å². The highest BCUT2D eigenvalue weighted by atomic mass is 32.1. The van der Waals surface area contributed by atoms with Crippen molar-refractivity contribution in [1.82, 2.24) is 14.9 Å². The van der Waals surface area contributed by atoms with Gasteiger partial charge >= 0.3 is 6.18 Å². The van der Waals surface area contributed by atoms with Crippen molar-refractivity contribution in [1.29, 1.82) is 0 Å². The van der Waals surface area contributed by atoms with E-state index in [1.165, 1.54) is 12.3 Å². The second-order valence-electron chi connectivity index (χ2n) is 9.86. The standard InChI is InChI=1S/C29H28F3N7O2S/c1-18-6-7-21(16-23(18)36-27(41)24-17-34-28(42-24)37-25-5-3-4-8-33-25)35-26(40)19-13-20(29(30,31)32)15-22(14-19)39-11-9-38(2)10-12-39/h3-8,13-17H,9-12H2,1-2H3,(H,35,40)(H,36,41)(H,33,34,37). The molecule has 0 radical (unpaired) electrons. The van der Waals surface area contributed by atoms with Crippen molar-refractivity contribution in [3.63, 3.8) is 0 Å². The van der Waals surface area contributed by atoms with E-state index in [1.54, 1.807) is 43.5 Å². The van der Waals surface area contributed by atoms with Crippen LogP contribution in [0, 0.1) is 6.92 Å². The maximum absolute atomic E-state index is 13.7. The van der Waals surface area contributed by atoms with E-state index in [-0.39, 0.29) is 5.56 Å². The summed E-state index contributed by atoms with van der Waals surface area (Å²) in [5.41, 5.74) is 0.842. The van der Waals surface area contributed by atoms with Gasteiger partial charge in [-0.2, -0.15) is 13.2 Å². The van der Waals surface area contributed by atoms with E-state index in [2.05, 4.69) is 30.8 Å². The highest BCUT2D eigenvalue weighted by Crippen LogP contribution is 2.34. The lowest BCUT2D eigenvalue weighted by Gasteiger charge is -2.34. The molecule has 1 aliphatic heterocycles. The molecule has 9 nitrogen and oxygen atoms in total. The molecule has 1 aliphatic rings. The van der Waals surface area contributed by atoms with Crippen molar-refractivity contribution >= 4 is 51.2 Å². The Morgan fingerprint density at radius 3 is 2.43 bits per heavy atom. The zero-order valence-electron chi connectivity index (χ0n) is 22.8. The van der Waals surface area contributed by atoms with Crippen LogP contribution < -0.4 is 20.9 Å². The molecule has 3 N–H and O–H groups in total. The van der Waals surface area contributed by atoms with E-state index >= 15 is 0 Å². The predicted octanol–water partition coefficient (Wildman–Crippen LogP) is 5.87. The minimum Gasteiger partial charge on any atom is -0.369 e. The molecular weight excluding hydrogens is 567 g/mol. The van der Waals surface area contributed by atoms with Gasteiger partial charge in [0, 0.05) is 55.0 Å². The first-order valence-electron chi connectivity index (χ1n) is 13.1. The summed E-state index contributed by atoms with van der Waals surface area (Å²) in [7, 11) is 1.95. The van der Waals surface area contributed by atoms with Gasteiger partial charge in [-0.05, 0) is 62.0 Å². The molecule has 0 atom stereocenters. The number of thiazole rings is 1. The number of nitrogens with one attached hydrogen (secondary N) is 3. The summed E-state index contributed by atoms with van der Waals surface area (Å²) in [4.78, 5) is 38.8. The first-order chi connectivity index (χ1) is 20.0. The molecule has 0 saturated carbocycles.